The summed E-state index contributed by atoms with van der Waals surface area (Å²) < 4.78 is 23.1. The van der Waals surface area contributed by atoms with Crippen molar-refractivity contribution in [1.82, 2.24) is 9.55 Å². The van der Waals surface area contributed by atoms with Crippen LogP contribution in [-0.2, 0) is 11.0 Å². The van der Waals surface area contributed by atoms with E-state index in [1.807, 2.05) is 24.3 Å². The quantitative estimate of drug-likeness (QED) is 0.225. The maximum atomic E-state index is 14.2. The van der Waals surface area contributed by atoms with E-state index in [1.54, 1.807) is 0 Å². The summed E-state index contributed by atoms with van der Waals surface area (Å²) in [6.45, 7) is 20.4. The van der Waals surface area contributed by atoms with Gasteiger partial charge < -0.3 is 14.7 Å². The number of halogens is 1. The van der Waals surface area contributed by atoms with Crippen LogP contribution in [0.3, 0.4) is 0 Å². The number of nitrogens with zero attached hydrogens (tertiary/aromatic N) is 2. The number of aromatic nitrogens is 2. The molecule has 6 heteroatoms. The van der Waals surface area contributed by atoms with Crippen LogP contribution in [0.2, 0.25) is 18.1 Å². The Morgan fingerprint density at radius 1 is 0.923 bits per heavy atom. The van der Waals surface area contributed by atoms with Crippen LogP contribution >= 0.6 is 0 Å². The monoisotopic (exact) mass is 545 g/mol. The summed E-state index contributed by atoms with van der Waals surface area (Å²) in [7, 11) is -2.07. The normalized spacial score (nSPS) is 13.6. The summed E-state index contributed by atoms with van der Waals surface area (Å²) in [5, 5.41) is 1.20. The van der Waals surface area contributed by atoms with Crippen molar-refractivity contribution in [2.45, 2.75) is 91.2 Å². The molecule has 0 amide bonds. The van der Waals surface area contributed by atoms with Crippen LogP contribution in [0.5, 0.6) is 0 Å². The molecule has 2 aromatic heterocycles. The Morgan fingerprint density at radius 2 is 1.54 bits per heavy atom. The predicted molar refractivity (Wildman–Crippen MR) is 164 cm³/mol. The van der Waals surface area contributed by atoms with E-state index in [0.29, 0.717) is 6.61 Å². The van der Waals surface area contributed by atoms with Crippen LogP contribution in [0, 0.1) is 5.82 Å². The minimum Gasteiger partial charge on any atom is -0.412 e. The van der Waals surface area contributed by atoms with E-state index < -0.39 is 14.5 Å². The van der Waals surface area contributed by atoms with E-state index in [1.165, 1.54) is 12.1 Å². The third kappa shape index (κ3) is 5.74. The predicted octanol–water partition coefficient (Wildman–Crippen LogP) is 9.12. The molecule has 0 radical (unpaired) electrons. The zero-order chi connectivity index (χ0) is 28.7. The van der Waals surface area contributed by atoms with Gasteiger partial charge in [0.1, 0.15) is 12.0 Å². The number of benzene rings is 2. The first kappa shape index (κ1) is 29.2. The Kier molecular flexibility index (Phi) is 8.22. The van der Waals surface area contributed by atoms with Crippen molar-refractivity contribution < 1.29 is 8.82 Å². The number of para-hydroxylation sites is 1. The van der Waals surface area contributed by atoms with Gasteiger partial charge in [0.05, 0.1) is 12.3 Å². The fourth-order valence-corrected chi connectivity index (χ4v) is 5.88. The number of hydrogen-bond acceptors (Lipinski definition) is 3. The smallest absolute Gasteiger partial charge is 0.192 e. The summed E-state index contributed by atoms with van der Waals surface area (Å²) in [5.41, 5.74) is 14.2. The molecule has 1 unspecified atom stereocenters. The summed E-state index contributed by atoms with van der Waals surface area (Å²) in [4.78, 5) is 5.32. The van der Waals surface area contributed by atoms with Crippen molar-refractivity contribution in [1.29, 1.82) is 0 Å². The standard InChI is InChI=1S/C33H44FN3OSi/c1-21(2)30-26(20-38-39(8,9)33(5,6)7)28(24-14-16-25(34)17-15-24)29(31(36-30)22(3)4)32(35)37-19-18-23-12-10-11-13-27(23)37/h10-19,21-22,32H,20,35H2,1-9H3. The Morgan fingerprint density at radius 3 is 2.13 bits per heavy atom. The van der Waals surface area contributed by atoms with Crippen molar-refractivity contribution in [3.63, 3.8) is 0 Å². The van der Waals surface area contributed by atoms with Crippen molar-refractivity contribution in [3.8, 4) is 11.1 Å². The van der Waals surface area contributed by atoms with Crippen molar-refractivity contribution in [2.24, 2.45) is 5.73 Å². The van der Waals surface area contributed by atoms with Crippen LogP contribution in [0.4, 0.5) is 4.39 Å². The average molecular weight is 546 g/mol. The highest BCUT2D eigenvalue weighted by Crippen LogP contribution is 2.42. The third-order valence-corrected chi connectivity index (χ3v) is 12.7. The zero-order valence-electron chi connectivity index (χ0n) is 25.0. The molecule has 208 valence electrons. The molecule has 2 aromatic carbocycles. The lowest BCUT2D eigenvalue weighted by Gasteiger charge is -2.37. The highest BCUT2D eigenvalue weighted by atomic mass is 28.4. The Balaban J connectivity index is 2.05. The number of fused-ring (bicyclic) bond motifs is 1. The second-order valence-electron chi connectivity index (χ2n) is 12.7. The minimum atomic E-state index is -2.07. The molecule has 0 spiro atoms. The van der Waals surface area contributed by atoms with Crippen molar-refractivity contribution in [3.05, 3.63) is 89.1 Å². The number of hydrogen-bond donors (Lipinski definition) is 1. The topological polar surface area (TPSA) is 53.1 Å². The molecule has 39 heavy (non-hydrogen) atoms. The van der Waals surface area contributed by atoms with Gasteiger partial charge in [-0.25, -0.2) is 4.39 Å². The molecule has 0 aliphatic carbocycles. The van der Waals surface area contributed by atoms with Gasteiger partial charge in [0.15, 0.2) is 8.32 Å². The third-order valence-electron chi connectivity index (χ3n) is 8.23. The molecular weight excluding hydrogens is 501 g/mol. The van der Waals surface area contributed by atoms with E-state index in [4.69, 9.17) is 15.1 Å². The van der Waals surface area contributed by atoms with Crippen LogP contribution in [0.1, 0.15) is 89.0 Å². The lowest BCUT2D eigenvalue weighted by atomic mass is 9.86. The number of pyridine rings is 1. The van der Waals surface area contributed by atoms with Crippen LogP contribution in [0.15, 0.2) is 60.8 Å². The SMILES string of the molecule is CC(C)c1nc(C(C)C)c(C(N)n2ccc3ccccc32)c(-c2ccc(F)cc2)c1CO[Si](C)(C)C(C)(C)C. The van der Waals surface area contributed by atoms with Gasteiger partial charge in [0.25, 0.3) is 0 Å². The summed E-state index contributed by atoms with van der Waals surface area (Å²) in [6.07, 6.45) is 1.57. The van der Waals surface area contributed by atoms with Crippen molar-refractivity contribution in [2.75, 3.05) is 0 Å². The zero-order valence-corrected chi connectivity index (χ0v) is 26.0. The van der Waals surface area contributed by atoms with E-state index in [-0.39, 0.29) is 22.7 Å². The molecule has 4 nitrogen and oxygen atoms in total. The first-order valence-corrected chi connectivity index (χ1v) is 16.9. The summed E-state index contributed by atoms with van der Waals surface area (Å²) in [5.74, 6) is 0.0552. The van der Waals surface area contributed by atoms with Gasteiger partial charge in [-0.1, -0.05) is 78.8 Å². The molecular formula is C33H44FN3OSi. The average Bonchev–Trinajstić information content (AvgIpc) is 3.30. The number of nitrogens with two attached hydrogens (primary N) is 1. The van der Waals surface area contributed by atoms with Crippen molar-refractivity contribution >= 4 is 19.2 Å². The Hall–Kier alpha value is -2.80. The largest absolute Gasteiger partial charge is 0.412 e. The molecule has 0 aliphatic rings. The van der Waals surface area contributed by atoms with Crippen LogP contribution in [0.25, 0.3) is 22.0 Å². The van der Waals surface area contributed by atoms with Gasteiger partial charge in [0, 0.05) is 28.5 Å². The maximum absolute atomic E-state index is 14.2. The lowest BCUT2D eigenvalue weighted by molar-refractivity contribution is 0.274. The molecule has 0 saturated carbocycles. The molecule has 1 atom stereocenters. The van der Waals surface area contributed by atoms with E-state index in [2.05, 4.69) is 90.5 Å². The van der Waals surface area contributed by atoms with Gasteiger partial charge in [0.2, 0.25) is 0 Å². The fraction of sp³-hybridized carbons (Fsp3) is 0.424. The summed E-state index contributed by atoms with van der Waals surface area (Å²) in [6, 6.07) is 17.1. The minimum absolute atomic E-state index is 0.0651. The Labute approximate surface area is 234 Å². The lowest BCUT2D eigenvalue weighted by Crippen LogP contribution is -2.40. The van der Waals surface area contributed by atoms with Gasteiger partial charge in [-0.05, 0) is 70.7 Å². The van der Waals surface area contributed by atoms with Gasteiger partial charge >= 0.3 is 0 Å². The first-order valence-electron chi connectivity index (χ1n) is 14.0. The number of rotatable bonds is 8. The first-order chi connectivity index (χ1) is 18.2. The molecule has 2 N–H and O–H groups in total. The molecule has 0 saturated heterocycles. The summed E-state index contributed by atoms with van der Waals surface area (Å²) >= 11 is 0. The van der Waals surface area contributed by atoms with Gasteiger partial charge in [-0.15, -0.1) is 0 Å². The second kappa shape index (κ2) is 11.0. The highest BCUT2D eigenvalue weighted by Gasteiger charge is 2.38. The highest BCUT2D eigenvalue weighted by molar-refractivity contribution is 6.74. The molecule has 4 aromatic rings. The molecule has 0 aliphatic heterocycles. The Bertz CT molecular complexity index is 1450. The molecule has 4 rings (SSSR count). The molecule has 0 fully saturated rings. The van der Waals surface area contributed by atoms with Gasteiger partial charge in [-0.3, -0.25) is 4.98 Å². The second-order valence-corrected chi connectivity index (χ2v) is 17.6. The van der Waals surface area contributed by atoms with Gasteiger partial charge in [-0.2, -0.15) is 0 Å². The van der Waals surface area contributed by atoms with Crippen LogP contribution in [-0.4, -0.2) is 17.9 Å². The molecule has 0 bridgehead atoms. The fourth-order valence-electron chi connectivity index (χ4n) is 4.94. The van der Waals surface area contributed by atoms with Crippen LogP contribution < -0.4 is 5.73 Å². The molecule has 2 heterocycles. The van der Waals surface area contributed by atoms with E-state index in [9.17, 15) is 4.39 Å². The van der Waals surface area contributed by atoms with E-state index >= 15 is 0 Å². The maximum Gasteiger partial charge on any atom is 0.192 e. The van der Waals surface area contributed by atoms with E-state index in [0.717, 1.165) is 44.5 Å².